The van der Waals surface area contributed by atoms with Crippen LogP contribution in [0, 0.1) is 6.92 Å². The smallest absolute Gasteiger partial charge is 0.321 e. The summed E-state index contributed by atoms with van der Waals surface area (Å²) in [4.78, 5) is 15.6. The molecule has 7 heteroatoms. The number of nitrogens with one attached hydrogen (secondary N) is 2. The summed E-state index contributed by atoms with van der Waals surface area (Å²) in [6.45, 7) is 2.34. The third kappa shape index (κ3) is 3.49. The normalized spacial score (nSPS) is 9.94. The van der Waals surface area contributed by atoms with Crippen LogP contribution in [0.25, 0.3) is 0 Å². The fourth-order valence-corrected chi connectivity index (χ4v) is 1.59. The van der Waals surface area contributed by atoms with Crippen molar-refractivity contribution in [3.05, 3.63) is 35.1 Å². The van der Waals surface area contributed by atoms with E-state index < -0.39 is 0 Å². The Morgan fingerprint density at radius 1 is 1.47 bits per heavy atom. The minimum Gasteiger partial charge on any atom is -0.334 e. The van der Waals surface area contributed by atoms with Crippen molar-refractivity contribution in [3.8, 4) is 0 Å². The van der Waals surface area contributed by atoms with Crippen LogP contribution in [0.5, 0.6) is 0 Å². The molecule has 0 fully saturated rings. The number of aryl methyl sites for hydroxylation is 1. The van der Waals surface area contributed by atoms with E-state index in [1.54, 1.807) is 11.7 Å². The fraction of sp³-hybridized carbons (Fsp3) is 0.200. The fourth-order valence-electron chi connectivity index (χ4n) is 1.15. The number of amides is 2. The summed E-state index contributed by atoms with van der Waals surface area (Å²) in [7, 11) is 0. The lowest BCUT2D eigenvalue weighted by Gasteiger charge is -2.04. The zero-order valence-electron chi connectivity index (χ0n) is 9.17. The lowest BCUT2D eigenvalue weighted by molar-refractivity contribution is 0.251. The van der Waals surface area contributed by atoms with E-state index in [0.717, 1.165) is 11.3 Å². The summed E-state index contributed by atoms with van der Waals surface area (Å²) >= 11 is 1.27. The Kier molecular flexibility index (Phi) is 3.61. The lowest BCUT2D eigenvalue weighted by atomic mass is 10.2. The van der Waals surface area contributed by atoms with Gasteiger partial charge in [-0.3, -0.25) is 10.3 Å². The van der Waals surface area contributed by atoms with Crippen LogP contribution in [-0.2, 0) is 6.54 Å². The van der Waals surface area contributed by atoms with Crippen LogP contribution in [-0.4, -0.2) is 21.2 Å². The van der Waals surface area contributed by atoms with Crippen LogP contribution >= 0.6 is 11.3 Å². The highest BCUT2D eigenvalue weighted by molar-refractivity contribution is 7.13. The third-order valence-corrected chi connectivity index (χ3v) is 2.61. The van der Waals surface area contributed by atoms with Crippen molar-refractivity contribution in [2.45, 2.75) is 13.5 Å². The first-order valence-electron chi connectivity index (χ1n) is 4.96. The first kappa shape index (κ1) is 11.5. The Morgan fingerprint density at radius 2 is 2.35 bits per heavy atom. The van der Waals surface area contributed by atoms with Crippen LogP contribution in [0.15, 0.2) is 23.8 Å². The first-order chi connectivity index (χ1) is 8.24. The molecule has 0 saturated heterocycles. The molecule has 2 rings (SSSR count). The molecule has 0 atom stereocenters. The van der Waals surface area contributed by atoms with Crippen molar-refractivity contribution in [1.29, 1.82) is 0 Å². The Labute approximate surface area is 102 Å². The lowest BCUT2D eigenvalue weighted by Crippen LogP contribution is -2.28. The number of hydrogen-bond acceptors (Lipinski definition) is 5. The molecule has 0 radical (unpaired) electrons. The van der Waals surface area contributed by atoms with Gasteiger partial charge in [-0.1, -0.05) is 17.4 Å². The summed E-state index contributed by atoms with van der Waals surface area (Å²) in [6, 6.07) is 3.52. The zero-order chi connectivity index (χ0) is 12.1. The average Bonchev–Trinajstić information content (AvgIpc) is 2.81. The maximum atomic E-state index is 11.4. The number of urea groups is 1. The summed E-state index contributed by atoms with van der Waals surface area (Å²) in [5.74, 6) is 0. The summed E-state index contributed by atoms with van der Waals surface area (Å²) in [5, 5.41) is 13.1. The number of hydrogen-bond donors (Lipinski definition) is 2. The molecule has 2 N–H and O–H groups in total. The molecule has 0 aromatic carbocycles. The second kappa shape index (κ2) is 5.35. The molecule has 0 bridgehead atoms. The van der Waals surface area contributed by atoms with Crippen molar-refractivity contribution in [1.82, 2.24) is 20.5 Å². The molecular formula is C10H11N5OS. The number of pyridine rings is 1. The number of carbonyl (C=O) groups excluding carboxylic acids is 1. The van der Waals surface area contributed by atoms with Gasteiger partial charge < -0.3 is 5.32 Å². The van der Waals surface area contributed by atoms with Crippen molar-refractivity contribution in [2.75, 3.05) is 5.32 Å². The predicted molar refractivity (Wildman–Crippen MR) is 64.7 cm³/mol. The van der Waals surface area contributed by atoms with E-state index >= 15 is 0 Å². The van der Waals surface area contributed by atoms with Gasteiger partial charge in [0.05, 0.1) is 0 Å². The van der Waals surface area contributed by atoms with Gasteiger partial charge in [0.25, 0.3) is 0 Å². The van der Waals surface area contributed by atoms with Crippen molar-refractivity contribution in [3.63, 3.8) is 0 Å². The third-order valence-electron chi connectivity index (χ3n) is 2.01. The van der Waals surface area contributed by atoms with Crippen LogP contribution < -0.4 is 10.6 Å². The average molecular weight is 249 g/mol. The monoisotopic (exact) mass is 249 g/mol. The molecule has 0 aliphatic carbocycles. The predicted octanol–water partition coefficient (Wildman–Crippen LogP) is 1.56. The molecule has 17 heavy (non-hydrogen) atoms. The molecule has 2 heterocycles. The Bertz CT molecular complexity index is 482. The Hall–Kier alpha value is -2.02. The van der Waals surface area contributed by atoms with Crippen molar-refractivity contribution in [2.24, 2.45) is 0 Å². The molecule has 0 aliphatic rings. The Morgan fingerprint density at radius 3 is 3.00 bits per heavy atom. The van der Waals surface area contributed by atoms with Gasteiger partial charge in [-0.15, -0.1) is 10.2 Å². The van der Waals surface area contributed by atoms with E-state index in [1.807, 2.05) is 19.1 Å². The minimum atomic E-state index is -0.303. The van der Waals surface area contributed by atoms with Gasteiger partial charge in [-0.2, -0.15) is 0 Å². The number of aromatic nitrogens is 3. The molecule has 0 unspecified atom stereocenters. The van der Waals surface area contributed by atoms with E-state index in [2.05, 4.69) is 25.8 Å². The van der Waals surface area contributed by atoms with Crippen LogP contribution in [0.1, 0.15) is 11.3 Å². The highest BCUT2D eigenvalue weighted by Crippen LogP contribution is 2.07. The van der Waals surface area contributed by atoms with Gasteiger partial charge in [0.15, 0.2) is 0 Å². The molecule has 2 aromatic rings. The van der Waals surface area contributed by atoms with Gasteiger partial charge >= 0.3 is 6.03 Å². The van der Waals surface area contributed by atoms with E-state index in [0.29, 0.717) is 11.7 Å². The molecule has 2 aromatic heterocycles. The van der Waals surface area contributed by atoms with E-state index in [-0.39, 0.29) is 6.03 Å². The summed E-state index contributed by atoms with van der Waals surface area (Å²) in [6.07, 6.45) is 1.74. The minimum absolute atomic E-state index is 0.303. The molecule has 0 saturated carbocycles. The second-order valence-electron chi connectivity index (χ2n) is 3.36. The van der Waals surface area contributed by atoms with Crippen LogP contribution in [0.3, 0.4) is 0 Å². The number of rotatable bonds is 3. The standard InChI is InChI=1S/C10H11N5OS/c1-7-2-3-8(4-11-7)5-12-9(16)14-10-15-13-6-17-10/h2-4,6H,5H2,1H3,(H2,12,14,15,16). The maximum absolute atomic E-state index is 11.4. The molecule has 2 amide bonds. The topological polar surface area (TPSA) is 79.8 Å². The van der Waals surface area contributed by atoms with Gasteiger partial charge in [-0.05, 0) is 18.6 Å². The van der Waals surface area contributed by atoms with Crippen LogP contribution in [0.4, 0.5) is 9.93 Å². The molecule has 0 aliphatic heterocycles. The molecular weight excluding hydrogens is 238 g/mol. The quantitative estimate of drug-likeness (QED) is 0.865. The number of nitrogens with zero attached hydrogens (tertiary/aromatic N) is 3. The number of anilines is 1. The van der Waals surface area contributed by atoms with Gasteiger partial charge in [0.1, 0.15) is 5.51 Å². The molecule has 88 valence electrons. The van der Waals surface area contributed by atoms with Gasteiger partial charge in [-0.25, -0.2) is 4.79 Å². The zero-order valence-corrected chi connectivity index (χ0v) is 9.99. The summed E-state index contributed by atoms with van der Waals surface area (Å²) in [5.41, 5.74) is 3.45. The van der Waals surface area contributed by atoms with E-state index in [9.17, 15) is 4.79 Å². The van der Waals surface area contributed by atoms with E-state index in [4.69, 9.17) is 0 Å². The highest BCUT2D eigenvalue weighted by Gasteiger charge is 2.03. The first-order valence-corrected chi connectivity index (χ1v) is 5.84. The molecule has 0 spiro atoms. The van der Waals surface area contributed by atoms with E-state index in [1.165, 1.54) is 11.3 Å². The van der Waals surface area contributed by atoms with Gasteiger partial charge in [0, 0.05) is 18.4 Å². The van der Waals surface area contributed by atoms with Crippen molar-refractivity contribution >= 4 is 22.5 Å². The molecule has 6 nitrogen and oxygen atoms in total. The van der Waals surface area contributed by atoms with Gasteiger partial charge in [0.2, 0.25) is 5.13 Å². The van der Waals surface area contributed by atoms with Crippen molar-refractivity contribution < 1.29 is 4.79 Å². The maximum Gasteiger partial charge on any atom is 0.321 e. The highest BCUT2D eigenvalue weighted by atomic mass is 32.1. The SMILES string of the molecule is Cc1ccc(CNC(=O)Nc2nncs2)cn1. The largest absolute Gasteiger partial charge is 0.334 e. The number of carbonyl (C=O) groups is 1. The summed E-state index contributed by atoms with van der Waals surface area (Å²) < 4.78 is 0. The van der Waals surface area contributed by atoms with Crippen LogP contribution in [0.2, 0.25) is 0 Å². The second-order valence-corrected chi connectivity index (χ2v) is 4.19. The Balaban J connectivity index is 1.82.